The van der Waals surface area contributed by atoms with Gasteiger partial charge in [-0.1, -0.05) is 49.6 Å². The number of hydrogen-bond acceptors (Lipinski definition) is 3. The maximum absolute atomic E-state index is 6.04. The normalized spacial score (nSPS) is 16.5. The van der Waals surface area contributed by atoms with E-state index in [1.54, 1.807) is 11.3 Å². The highest BCUT2D eigenvalue weighted by Gasteiger charge is 2.14. The van der Waals surface area contributed by atoms with Crippen LogP contribution < -0.4 is 11.1 Å². The Bertz CT molecular complexity index is 657. The molecule has 0 bridgehead atoms. The highest BCUT2D eigenvalue weighted by molar-refractivity contribution is 7.15. The van der Waals surface area contributed by atoms with E-state index in [0.29, 0.717) is 18.5 Å². The first-order chi connectivity index (χ1) is 11.2. The molecule has 5 heteroatoms. The van der Waals surface area contributed by atoms with Crippen LogP contribution in [0.4, 0.5) is 0 Å². The number of guanidine groups is 1. The number of nitrogens with two attached hydrogens (primary N) is 1. The van der Waals surface area contributed by atoms with Gasteiger partial charge in [0.05, 0.1) is 12.2 Å². The Morgan fingerprint density at radius 3 is 2.74 bits per heavy atom. The summed E-state index contributed by atoms with van der Waals surface area (Å²) in [6.07, 6.45) is 6.33. The van der Waals surface area contributed by atoms with Crippen molar-refractivity contribution in [1.82, 2.24) is 10.3 Å². The minimum atomic E-state index is 0.495. The number of nitrogens with one attached hydrogen (secondary N) is 1. The standard InChI is InChI=1S/C18H24N4S/c1-13-16(23-17(21-13)14-8-4-2-5-9-14)12-20-18(19)22-15-10-6-3-7-11-15/h2,4-5,8-9,15H,3,6-7,10-12H2,1H3,(H3,19,20,22). The molecule has 0 saturated heterocycles. The zero-order valence-corrected chi connectivity index (χ0v) is 14.4. The molecule has 1 fully saturated rings. The summed E-state index contributed by atoms with van der Waals surface area (Å²) in [5.74, 6) is 0.561. The van der Waals surface area contributed by atoms with Crippen molar-refractivity contribution in [3.63, 3.8) is 0 Å². The second-order valence-electron chi connectivity index (χ2n) is 6.07. The van der Waals surface area contributed by atoms with Crippen molar-refractivity contribution in [2.45, 2.75) is 51.6 Å². The summed E-state index contributed by atoms with van der Waals surface area (Å²) < 4.78 is 0. The molecule has 2 aromatic rings. The van der Waals surface area contributed by atoms with Gasteiger partial charge in [0.15, 0.2) is 5.96 Å². The highest BCUT2D eigenvalue weighted by atomic mass is 32.1. The van der Waals surface area contributed by atoms with Gasteiger partial charge in [-0.2, -0.15) is 0 Å². The summed E-state index contributed by atoms with van der Waals surface area (Å²) in [7, 11) is 0. The first kappa shape index (κ1) is 16.0. The summed E-state index contributed by atoms with van der Waals surface area (Å²) in [4.78, 5) is 10.4. The van der Waals surface area contributed by atoms with Gasteiger partial charge in [-0.3, -0.25) is 0 Å². The lowest BCUT2D eigenvalue weighted by molar-refractivity contribution is 0.412. The fourth-order valence-electron chi connectivity index (χ4n) is 2.94. The van der Waals surface area contributed by atoms with Gasteiger partial charge in [-0.15, -0.1) is 11.3 Å². The van der Waals surface area contributed by atoms with Crippen LogP contribution >= 0.6 is 11.3 Å². The van der Waals surface area contributed by atoms with E-state index in [9.17, 15) is 0 Å². The van der Waals surface area contributed by atoms with Gasteiger partial charge in [-0.05, 0) is 19.8 Å². The monoisotopic (exact) mass is 328 g/mol. The number of aliphatic imine (C=N–C) groups is 1. The molecule has 0 amide bonds. The molecule has 0 atom stereocenters. The summed E-state index contributed by atoms with van der Waals surface area (Å²) in [5, 5.41) is 4.41. The van der Waals surface area contributed by atoms with E-state index in [-0.39, 0.29) is 0 Å². The molecule has 1 heterocycles. The van der Waals surface area contributed by atoms with Crippen LogP contribution in [0.25, 0.3) is 10.6 Å². The summed E-state index contributed by atoms with van der Waals surface area (Å²) in [5.41, 5.74) is 8.24. The molecule has 3 rings (SSSR count). The fraction of sp³-hybridized carbons (Fsp3) is 0.444. The van der Waals surface area contributed by atoms with Gasteiger partial charge in [0.1, 0.15) is 5.01 Å². The van der Waals surface area contributed by atoms with Gasteiger partial charge in [0.2, 0.25) is 0 Å². The quantitative estimate of drug-likeness (QED) is 0.662. The molecule has 0 unspecified atom stereocenters. The second-order valence-corrected chi connectivity index (χ2v) is 7.16. The van der Waals surface area contributed by atoms with Crippen LogP contribution in [0.15, 0.2) is 35.3 Å². The van der Waals surface area contributed by atoms with Crippen LogP contribution in [0.5, 0.6) is 0 Å². The summed E-state index contributed by atoms with van der Waals surface area (Å²) in [6, 6.07) is 10.8. The zero-order valence-electron chi connectivity index (χ0n) is 13.6. The molecule has 0 radical (unpaired) electrons. The molecular weight excluding hydrogens is 304 g/mol. The molecule has 1 saturated carbocycles. The molecule has 1 aliphatic carbocycles. The number of thiazole rings is 1. The Morgan fingerprint density at radius 2 is 2.00 bits per heavy atom. The largest absolute Gasteiger partial charge is 0.370 e. The Hall–Kier alpha value is -1.88. The SMILES string of the molecule is Cc1nc(-c2ccccc2)sc1CN=C(N)NC1CCCCC1. The highest BCUT2D eigenvalue weighted by Crippen LogP contribution is 2.28. The maximum atomic E-state index is 6.04. The average molecular weight is 328 g/mol. The second kappa shape index (κ2) is 7.59. The minimum Gasteiger partial charge on any atom is -0.370 e. The van der Waals surface area contributed by atoms with Crippen molar-refractivity contribution in [1.29, 1.82) is 0 Å². The first-order valence-corrected chi connectivity index (χ1v) is 9.12. The van der Waals surface area contributed by atoms with Crippen molar-refractivity contribution in [2.24, 2.45) is 10.7 Å². The lowest BCUT2D eigenvalue weighted by atomic mass is 9.96. The number of benzene rings is 1. The number of aryl methyl sites for hydroxylation is 1. The maximum Gasteiger partial charge on any atom is 0.189 e. The van der Waals surface area contributed by atoms with E-state index in [0.717, 1.165) is 16.3 Å². The Morgan fingerprint density at radius 1 is 1.26 bits per heavy atom. The van der Waals surface area contributed by atoms with E-state index in [2.05, 4.69) is 27.4 Å². The number of hydrogen-bond donors (Lipinski definition) is 2. The third-order valence-electron chi connectivity index (χ3n) is 4.26. The van der Waals surface area contributed by atoms with Gasteiger partial charge in [0.25, 0.3) is 0 Å². The van der Waals surface area contributed by atoms with Crippen LogP contribution in [-0.4, -0.2) is 17.0 Å². The van der Waals surface area contributed by atoms with Crippen LogP contribution in [0.2, 0.25) is 0 Å². The molecule has 23 heavy (non-hydrogen) atoms. The van der Waals surface area contributed by atoms with Crippen molar-refractivity contribution >= 4 is 17.3 Å². The smallest absolute Gasteiger partial charge is 0.189 e. The average Bonchev–Trinajstić information content (AvgIpc) is 2.96. The molecule has 1 aliphatic rings. The van der Waals surface area contributed by atoms with E-state index >= 15 is 0 Å². The molecule has 4 nitrogen and oxygen atoms in total. The van der Waals surface area contributed by atoms with E-state index in [1.807, 2.05) is 25.1 Å². The van der Waals surface area contributed by atoms with Crippen LogP contribution in [0.1, 0.15) is 42.7 Å². The third kappa shape index (κ3) is 4.32. The van der Waals surface area contributed by atoms with Crippen molar-refractivity contribution in [3.05, 3.63) is 40.9 Å². The predicted molar refractivity (Wildman–Crippen MR) is 97.6 cm³/mol. The van der Waals surface area contributed by atoms with Crippen LogP contribution in [-0.2, 0) is 6.54 Å². The van der Waals surface area contributed by atoms with E-state index in [4.69, 9.17) is 5.73 Å². The van der Waals surface area contributed by atoms with Crippen molar-refractivity contribution < 1.29 is 0 Å². The lowest BCUT2D eigenvalue weighted by Crippen LogP contribution is -2.41. The molecule has 0 spiro atoms. The lowest BCUT2D eigenvalue weighted by Gasteiger charge is -2.23. The summed E-state index contributed by atoms with van der Waals surface area (Å²) >= 11 is 1.70. The van der Waals surface area contributed by atoms with Gasteiger partial charge in [0, 0.05) is 16.5 Å². The number of rotatable bonds is 4. The van der Waals surface area contributed by atoms with Gasteiger partial charge in [-0.25, -0.2) is 9.98 Å². The fourth-order valence-corrected chi connectivity index (χ4v) is 3.93. The Labute approximate surface area is 141 Å². The van der Waals surface area contributed by atoms with Crippen molar-refractivity contribution in [3.8, 4) is 10.6 Å². The zero-order chi connectivity index (χ0) is 16.1. The molecule has 3 N–H and O–H groups in total. The number of nitrogens with zero attached hydrogens (tertiary/aromatic N) is 2. The van der Waals surface area contributed by atoms with Gasteiger partial charge >= 0.3 is 0 Å². The third-order valence-corrected chi connectivity index (χ3v) is 5.45. The first-order valence-electron chi connectivity index (χ1n) is 8.30. The molecule has 1 aromatic heterocycles. The van der Waals surface area contributed by atoms with Crippen molar-refractivity contribution in [2.75, 3.05) is 0 Å². The molecule has 122 valence electrons. The molecule has 0 aliphatic heterocycles. The topological polar surface area (TPSA) is 63.3 Å². The Balaban J connectivity index is 1.63. The van der Waals surface area contributed by atoms with Crippen LogP contribution in [0.3, 0.4) is 0 Å². The van der Waals surface area contributed by atoms with E-state index < -0.39 is 0 Å². The van der Waals surface area contributed by atoms with Crippen LogP contribution in [0, 0.1) is 6.92 Å². The summed E-state index contributed by atoms with van der Waals surface area (Å²) in [6.45, 7) is 2.64. The number of aromatic nitrogens is 1. The Kier molecular flexibility index (Phi) is 5.28. The minimum absolute atomic E-state index is 0.495. The molecular formula is C18H24N4S. The van der Waals surface area contributed by atoms with Gasteiger partial charge < -0.3 is 11.1 Å². The van der Waals surface area contributed by atoms with E-state index in [1.165, 1.54) is 37.0 Å². The predicted octanol–water partition coefficient (Wildman–Crippen LogP) is 3.86. The molecule has 1 aromatic carbocycles.